The van der Waals surface area contributed by atoms with Gasteiger partial charge in [-0.15, -0.1) is 11.3 Å². The Morgan fingerprint density at radius 1 is 1.27 bits per heavy atom. The van der Waals surface area contributed by atoms with E-state index in [-0.39, 0.29) is 0 Å². The number of rotatable bonds is 8. The van der Waals surface area contributed by atoms with E-state index >= 15 is 0 Å². The van der Waals surface area contributed by atoms with Crippen LogP contribution in [0, 0.1) is 0 Å². The minimum absolute atomic E-state index is 0.920. The highest BCUT2D eigenvalue weighted by molar-refractivity contribution is 7.15. The van der Waals surface area contributed by atoms with Gasteiger partial charge in [0.25, 0.3) is 0 Å². The molecule has 0 aromatic carbocycles. The molecule has 2 N–H and O–H groups in total. The fraction of sp³-hybridized carbons (Fsp3) is 0.375. The second kappa shape index (κ2) is 7.38. The lowest BCUT2D eigenvalue weighted by molar-refractivity contribution is 0.568. The first kappa shape index (κ1) is 15.0. The molecule has 0 atom stereocenters. The van der Waals surface area contributed by atoms with Gasteiger partial charge in [0.2, 0.25) is 0 Å². The van der Waals surface area contributed by atoms with Gasteiger partial charge in [-0.25, -0.2) is 4.98 Å². The van der Waals surface area contributed by atoms with E-state index in [0.29, 0.717) is 0 Å². The highest BCUT2D eigenvalue weighted by atomic mass is 32.1. The van der Waals surface area contributed by atoms with Crippen LogP contribution in [0.25, 0.3) is 10.6 Å². The number of aryl methyl sites for hydroxylation is 2. The van der Waals surface area contributed by atoms with Gasteiger partial charge in [-0.1, -0.05) is 6.92 Å². The van der Waals surface area contributed by atoms with Gasteiger partial charge < -0.3 is 9.88 Å². The van der Waals surface area contributed by atoms with Crippen molar-refractivity contribution in [2.45, 2.75) is 32.9 Å². The Morgan fingerprint density at radius 2 is 2.23 bits per heavy atom. The predicted molar refractivity (Wildman–Crippen MR) is 89.8 cm³/mol. The molecule has 0 unspecified atom stereocenters. The minimum atomic E-state index is 0.920. The molecule has 0 aliphatic carbocycles. The van der Waals surface area contributed by atoms with Crippen LogP contribution in [0.3, 0.4) is 0 Å². The number of imidazole rings is 1. The van der Waals surface area contributed by atoms with Gasteiger partial charge in [0.05, 0.1) is 10.6 Å². The summed E-state index contributed by atoms with van der Waals surface area (Å²) >= 11 is 1.80. The molecule has 22 heavy (non-hydrogen) atoms. The molecule has 0 saturated carbocycles. The Bertz CT molecular complexity index is 683. The lowest BCUT2D eigenvalue weighted by Crippen LogP contribution is -2.16. The first-order valence-corrected chi connectivity index (χ1v) is 8.47. The van der Waals surface area contributed by atoms with Crippen molar-refractivity contribution in [2.24, 2.45) is 0 Å². The van der Waals surface area contributed by atoms with Crippen molar-refractivity contribution in [1.82, 2.24) is 25.1 Å². The monoisotopic (exact) mass is 315 g/mol. The number of hydrogen-bond acceptors (Lipinski definition) is 4. The van der Waals surface area contributed by atoms with Gasteiger partial charge in [-0.2, -0.15) is 5.10 Å². The van der Waals surface area contributed by atoms with Gasteiger partial charge in [-0.05, 0) is 31.2 Å². The average molecular weight is 315 g/mol. The van der Waals surface area contributed by atoms with Crippen molar-refractivity contribution < 1.29 is 0 Å². The molecule has 5 nitrogen and oxygen atoms in total. The molecule has 0 aliphatic heterocycles. The van der Waals surface area contributed by atoms with E-state index in [1.165, 1.54) is 15.6 Å². The van der Waals surface area contributed by atoms with E-state index in [9.17, 15) is 0 Å². The molecule has 0 aliphatic rings. The maximum absolute atomic E-state index is 4.34. The van der Waals surface area contributed by atoms with Crippen molar-refractivity contribution in [3.8, 4) is 10.6 Å². The lowest BCUT2D eigenvalue weighted by atomic mass is 10.3. The fourth-order valence-corrected chi connectivity index (χ4v) is 3.41. The Balaban J connectivity index is 1.40. The summed E-state index contributed by atoms with van der Waals surface area (Å²) in [5.41, 5.74) is 1.09. The van der Waals surface area contributed by atoms with Crippen LogP contribution in [0.5, 0.6) is 0 Å². The number of hydrogen-bond donors (Lipinski definition) is 2. The van der Waals surface area contributed by atoms with Crippen LogP contribution in [0.4, 0.5) is 0 Å². The Hall–Kier alpha value is -1.92. The Morgan fingerprint density at radius 3 is 3.05 bits per heavy atom. The molecule has 3 heterocycles. The predicted octanol–water partition coefficient (Wildman–Crippen LogP) is 3.08. The van der Waals surface area contributed by atoms with E-state index < -0.39 is 0 Å². The van der Waals surface area contributed by atoms with Gasteiger partial charge >= 0.3 is 0 Å². The number of aromatic amines is 1. The summed E-state index contributed by atoms with van der Waals surface area (Å²) in [6.07, 6.45) is 7.84. The standard InChI is InChI=1S/C16H21N5S/c1-2-16-18-9-11-21(16)10-3-7-17-12-13-4-5-15(22-13)14-6-8-19-20-14/h4-6,8-9,11,17H,2-3,7,10,12H2,1H3,(H,19,20). The van der Waals surface area contributed by atoms with E-state index in [1.54, 1.807) is 17.5 Å². The first-order valence-electron chi connectivity index (χ1n) is 7.66. The molecule has 0 amide bonds. The van der Waals surface area contributed by atoms with Crippen LogP contribution in [0.2, 0.25) is 0 Å². The maximum atomic E-state index is 4.34. The minimum Gasteiger partial charge on any atom is -0.335 e. The topological polar surface area (TPSA) is 58.5 Å². The summed E-state index contributed by atoms with van der Waals surface area (Å²) in [5, 5.41) is 10.5. The molecular formula is C16H21N5S. The van der Waals surface area contributed by atoms with Gasteiger partial charge in [0.15, 0.2) is 0 Å². The van der Waals surface area contributed by atoms with Crippen molar-refractivity contribution >= 4 is 11.3 Å². The van der Waals surface area contributed by atoms with Crippen LogP contribution < -0.4 is 5.32 Å². The molecule has 3 rings (SSSR count). The van der Waals surface area contributed by atoms with Gasteiger partial charge in [0.1, 0.15) is 5.82 Å². The maximum Gasteiger partial charge on any atom is 0.108 e. The van der Waals surface area contributed by atoms with Crippen LogP contribution in [0.1, 0.15) is 24.0 Å². The Labute approximate surface area is 134 Å². The van der Waals surface area contributed by atoms with Crippen LogP contribution in [-0.4, -0.2) is 26.3 Å². The quantitative estimate of drug-likeness (QED) is 0.628. The zero-order valence-corrected chi connectivity index (χ0v) is 13.6. The largest absolute Gasteiger partial charge is 0.335 e. The van der Waals surface area contributed by atoms with E-state index in [0.717, 1.165) is 38.2 Å². The van der Waals surface area contributed by atoms with Crippen molar-refractivity contribution in [2.75, 3.05) is 6.54 Å². The number of aromatic nitrogens is 4. The second-order valence-electron chi connectivity index (χ2n) is 5.16. The van der Waals surface area contributed by atoms with Crippen molar-refractivity contribution in [3.63, 3.8) is 0 Å². The summed E-state index contributed by atoms with van der Waals surface area (Å²) in [6, 6.07) is 6.33. The van der Waals surface area contributed by atoms with Crippen molar-refractivity contribution in [3.05, 3.63) is 47.5 Å². The van der Waals surface area contributed by atoms with Crippen LogP contribution in [0.15, 0.2) is 36.8 Å². The fourth-order valence-electron chi connectivity index (χ4n) is 2.45. The highest BCUT2D eigenvalue weighted by Gasteiger charge is 2.04. The molecule has 0 radical (unpaired) electrons. The number of nitrogens with one attached hydrogen (secondary N) is 2. The normalized spacial score (nSPS) is 11.1. The highest BCUT2D eigenvalue weighted by Crippen LogP contribution is 2.25. The SMILES string of the molecule is CCc1nccn1CCCNCc1ccc(-c2ccn[nH]2)s1. The molecule has 0 spiro atoms. The molecule has 0 bridgehead atoms. The zero-order valence-electron chi connectivity index (χ0n) is 12.7. The van der Waals surface area contributed by atoms with E-state index in [2.05, 4.69) is 50.3 Å². The van der Waals surface area contributed by atoms with E-state index in [4.69, 9.17) is 0 Å². The van der Waals surface area contributed by atoms with Crippen LogP contribution >= 0.6 is 11.3 Å². The summed E-state index contributed by atoms with van der Waals surface area (Å²) < 4.78 is 2.24. The number of thiophene rings is 1. The smallest absolute Gasteiger partial charge is 0.108 e. The number of H-pyrrole nitrogens is 1. The first-order chi connectivity index (χ1) is 10.9. The average Bonchev–Trinajstić information content (AvgIpc) is 3.27. The van der Waals surface area contributed by atoms with Crippen LogP contribution in [-0.2, 0) is 19.5 Å². The second-order valence-corrected chi connectivity index (χ2v) is 6.33. The molecule has 3 aromatic heterocycles. The summed E-state index contributed by atoms with van der Waals surface area (Å²) in [5.74, 6) is 1.17. The van der Waals surface area contributed by atoms with Gasteiger partial charge in [-0.3, -0.25) is 5.10 Å². The Kier molecular flexibility index (Phi) is 5.03. The molecule has 3 aromatic rings. The molecule has 0 saturated heterocycles. The molecule has 6 heteroatoms. The molecular weight excluding hydrogens is 294 g/mol. The summed E-state index contributed by atoms with van der Waals surface area (Å²) in [4.78, 5) is 6.93. The third kappa shape index (κ3) is 3.64. The third-order valence-corrected chi connectivity index (χ3v) is 4.72. The summed E-state index contributed by atoms with van der Waals surface area (Å²) in [7, 11) is 0. The molecule has 0 fully saturated rings. The summed E-state index contributed by atoms with van der Waals surface area (Å²) in [6.45, 7) is 5.10. The zero-order chi connectivity index (χ0) is 15.2. The molecule has 116 valence electrons. The third-order valence-electron chi connectivity index (χ3n) is 3.60. The van der Waals surface area contributed by atoms with Gasteiger partial charge in [0, 0.05) is 43.0 Å². The lowest BCUT2D eigenvalue weighted by Gasteiger charge is -2.07. The number of nitrogens with zero attached hydrogens (tertiary/aromatic N) is 3. The van der Waals surface area contributed by atoms with Crippen molar-refractivity contribution in [1.29, 1.82) is 0 Å². The van der Waals surface area contributed by atoms with E-state index in [1.807, 2.05) is 12.3 Å².